The number of rotatable bonds is 9. The lowest BCUT2D eigenvalue weighted by Crippen LogP contribution is -2.25. The minimum Gasteiger partial charge on any atom is -0.463 e. The highest BCUT2D eigenvalue weighted by atomic mass is 16.5. The zero-order chi connectivity index (χ0) is 17.2. The maximum Gasteiger partial charge on any atom is 0.330 e. The van der Waals surface area contributed by atoms with Crippen LogP contribution in [0.1, 0.15) is 90.4 Å². The monoisotopic (exact) mass is 334 g/mol. The van der Waals surface area contributed by atoms with Crippen LogP contribution < -0.4 is 0 Å². The van der Waals surface area contributed by atoms with E-state index in [1.54, 1.807) is 0 Å². The van der Waals surface area contributed by atoms with Crippen LogP contribution in [0.5, 0.6) is 0 Å². The third-order valence-electron chi connectivity index (χ3n) is 6.56. The first kappa shape index (κ1) is 19.5. The Kier molecular flexibility index (Phi) is 8.91. The van der Waals surface area contributed by atoms with Crippen LogP contribution in [-0.4, -0.2) is 12.6 Å². The van der Waals surface area contributed by atoms with Crippen LogP contribution in [0.4, 0.5) is 0 Å². The van der Waals surface area contributed by atoms with Gasteiger partial charge in [0.1, 0.15) is 0 Å². The molecule has 0 aromatic carbocycles. The van der Waals surface area contributed by atoms with Crippen molar-refractivity contribution in [1.82, 2.24) is 0 Å². The van der Waals surface area contributed by atoms with Gasteiger partial charge in [-0.3, -0.25) is 0 Å². The van der Waals surface area contributed by atoms with E-state index in [0.29, 0.717) is 6.61 Å². The third kappa shape index (κ3) is 6.61. The summed E-state index contributed by atoms with van der Waals surface area (Å²) in [7, 11) is 0. The number of carbonyl (C=O) groups excluding carboxylic acids is 1. The first-order valence-electron chi connectivity index (χ1n) is 10.5. The van der Waals surface area contributed by atoms with Gasteiger partial charge in [-0.2, -0.15) is 0 Å². The maximum absolute atomic E-state index is 11.0. The Morgan fingerprint density at radius 3 is 1.96 bits per heavy atom. The molecule has 0 amide bonds. The zero-order valence-corrected chi connectivity index (χ0v) is 15.8. The molecule has 0 heterocycles. The molecular weight excluding hydrogens is 296 g/mol. The van der Waals surface area contributed by atoms with E-state index in [1.165, 1.54) is 83.1 Å². The summed E-state index contributed by atoms with van der Waals surface area (Å²) in [6, 6.07) is 0. The predicted octanol–water partition coefficient (Wildman–Crippen LogP) is 6.30. The molecule has 2 heteroatoms. The molecule has 0 aromatic rings. The molecule has 0 atom stereocenters. The average molecular weight is 335 g/mol. The average Bonchev–Trinajstić information content (AvgIpc) is 2.63. The highest BCUT2D eigenvalue weighted by molar-refractivity contribution is 5.81. The quantitative estimate of drug-likeness (QED) is 0.281. The van der Waals surface area contributed by atoms with Crippen molar-refractivity contribution in [2.75, 3.05) is 6.61 Å². The fourth-order valence-corrected chi connectivity index (χ4v) is 5.07. The summed E-state index contributed by atoms with van der Waals surface area (Å²) in [6.45, 7) is 6.30. The van der Waals surface area contributed by atoms with Gasteiger partial charge >= 0.3 is 5.97 Å². The van der Waals surface area contributed by atoms with Crippen LogP contribution in [0.2, 0.25) is 0 Å². The third-order valence-corrected chi connectivity index (χ3v) is 6.56. The van der Waals surface area contributed by atoms with Gasteiger partial charge in [0.05, 0.1) is 6.61 Å². The van der Waals surface area contributed by atoms with Crippen LogP contribution in [-0.2, 0) is 9.53 Å². The van der Waals surface area contributed by atoms with Crippen LogP contribution in [0.25, 0.3) is 0 Å². The van der Waals surface area contributed by atoms with Crippen LogP contribution >= 0.6 is 0 Å². The molecule has 0 radical (unpaired) electrons. The van der Waals surface area contributed by atoms with Crippen molar-refractivity contribution in [3.8, 4) is 0 Å². The lowest BCUT2D eigenvalue weighted by Gasteiger charge is -2.38. The number of hydrogen-bond donors (Lipinski definition) is 0. The van der Waals surface area contributed by atoms with Crippen LogP contribution in [0, 0.1) is 23.7 Å². The standard InChI is InChI=1S/C22H38O2/c1-3-7-18-9-13-20(14-10-18)21-15-11-19(12-16-21)8-5-6-17-24-22(23)4-2/h4,18-21H,2-3,5-17H2,1H3. The van der Waals surface area contributed by atoms with Gasteiger partial charge in [-0.15, -0.1) is 0 Å². The second-order valence-electron chi connectivity index (χ2n) is 8.22. The molecule has 0 N–H and O–H groups in total. The van der Waals surface area contributed by atoms with Crippen molar-refractivity contribution in [1.29, 1.82) is 0 Å². The van der Waals surface area contributed by atoms with E-state index in [1.807, 2.05) is 0 Å². The Morgan fingerprint density at radius 2 is 1.46 bits per heavy atom. The van der Waals surface area contributed by atoms with Gasteiger partial charge in [0.2, 0.25) is 0 Å². The number of ether oxygens (including phenoxy) is 1. The number of esters is 1. The molecular formula is C22H38O2. The van der Waals surface area contributed by atoms with E-state index < -0.39 is 0 Å². The van der Waals surface area contributed by atoms with Crippen molar-refractivity contribution in [2.45, 2.75) is 90.4 Å². The highest BCUT2D eigenvalue weighted by Crippen LogP contribution is 2.42. The number of hydrogen-bond acceptors (Lipinski definition) is 2. The summed E-state index contributed by atoms with van der Waals surface area (Å²) >= 11 is 0. The summed E-state index contributed by atoms with van der Waals surface area (Å²) in [5.74, 6) is 3.74. The van der Waals surface area contributed by atoms with Crippen molar-refractivity contribution < 1.29 is 9.53 Å². The molecule has 0 spiro atoms. The van der Waals surface area contributed by atoms with Gasteiger partial charge in [-0.25, -0.2) is 4.79 Å². The van der Waals surface area contributed by atoms with Gasteiger partial charge in [0, 0.05) is 6.08 Å². The Balaban J connectivity index is 1.54. The lowest BCUT2D eigenvalue weighted by molar-refractivity contribution is -0.137. The normalized spacial score (nSPS) is 30.7. The first-order valence-corrected chi connectivity index (χ1v) is 10.5. The molecule has 0 aliphatic heterocycles. The minimum absolute atomic E-state index is 0.288. The Bertz CT molecular complexity index is 360. The van der Waals surface area contributed by atoms with Crippen molar-refractivity contribution in [3.63, 3.8) is 0 Å². The fraction of sp³-hybridized carbons (Fsp3) is 0.864. The van der Waals surface area contributed by atoms with Crippen molar-refractivity contribution >= 4 is 5.97 Å². The molecule has 2 aliphatic carbocycles. The summed E-state index contributed by atoms with van der Waals surface area (Å²) in [5, 5.41) is 0. The Labute approximate surface area is 149 Å². The van der Waals surface area contributed by atoms with Gasteiger partial charge in [-0.1, -0.05) is 58.4 Å². The smallest absolute Gasteiger partial charge is 0.330 e. The second kappa shape index (κ2) is 10.9. The fourth-order valence-electron chi connectivity index (χ4n) is 5.07. The molecule has 0 saturated heterocycles. The predicted molar refractivity (Wildman–Crippen MR) is 101 cm³/mol. The Morgan fingerprint density at radius 1 is 0.917 bits per heavy atom. The molecule has 2 saturated carbocycles. The van der Waals surface area contributed by atoms with E-state index in [4.69, 9.17) is 4.74 Å². The van der Waals surface area contributed by atoms with E-state index in [2.05, 4.69) is 13.5 Å². The Hall–Kier alpha value is -0.790. The largest absolute Gasteiger partial charge is 0.463 e. The van der Waals surface area contributed by atoms with Crippen molar-refractivity contribution in [3.05, 3.63) is 12.7 Å². The molecule has 0 unspecified atom stereocenters. The van der Waals surface area contributed by atoms with Crippen molar-refractivity contribution in [2.24, 2.45) is 23.7 Å². The van der Waals surface area contributed by atoms with Crippen LogP contribution in [0.15, 0.2) is 12.7 Å². The molecule has 138 valence electrons. The van der Waals surface area contributed by atoms with Gasteiger partial charge < -0.3 is 4.74 Å². The second-order valence-corrected chi connectivity index (χ2v) is 8.22. The molecule has 24 heavy (non-hydrogen) atoms. The lowest BCUT2D eigenvalue weighted by atomic mass is 9.68. The number of carbonyl (C=O) groups is 1. The topological polar surface area (TPSA) is 26.3 Å². The first-order chi connectivity index (χ1) is 11.7. The summed E-state index contributed by atoms with van der Waals surface area (Å²) < 4.78 is 5.05. The van der Waals surface area contributed by atoms with E-state index in [9.17, 15) is 4.79 Å². The van der Waals surface area contributed by atoms with Gasteiger partial charge in [0.15, 0.2) is 0 Å². The summed E-state index contributed by atoms with van der Waals surface area (Å²) in [5.41, 5.74) is 0. The maximum atomic E-state index is 11.0. The molecule has 0 aromatic heterocycles. The summed E-state index contributed by atoms with van der Waals surface area (Å²) in [4.78, 5) is 11.0. The number of unbranched alkanes of at least 4 members (excludes halogenated alkanes) is 1. The molecule has 2 fully saturated rings. The molecule has 2 rings (SSSR count). The summed E-state index contributed by atoms with van der Waals surface area (Å²) in [6.07, 6.45) is 19.4. The van der Waals surface area contributed by atoms with E-state index in [0.717, 1.165) is 30.1 Å². The minimum atomic E-state index is -0.288. The molecule has 2 aliphatic rings. The SMILES string of the molecule is C=CC(=O)OCCCCC1CCC(C2CCC(CCC)CC2)CC1. The highest BCUT2D eigenvalue weighted by Gasteiger charge is 2.30. The van der Waals surface area contributed by atoms with E-state index in [-0.39, 0.29) is 5.97 Å². The van der Waals surface area contributed by atoms with E-state index >= 15 is 0 Å². The van der Waals surface area contributed by atoms with Gasteiger partial charge in [0.25, 0.3) is 0 Å². The zero-order valence-electron chi connectivity index (χ0n) is 15.8. The molecule has 2 nitrogen and oxygen atoms in total. The van der Waals surface area contributed by atoms with Crippen LogP contribution in [0.3, 0.4) is 0 Å². The molecule has 0 bridgehead atoms. The van der Waals surface area contributed by atoms with Gasteiger partial charge in [-0.05, 0) is 62.2 Å².